The number of nitrogens with one attached hydrogen (secondary N) is 2. The van der Waals surface area contributed by atoms with E-state index >= 15 is 0 Å². The molecule has 1 amide bonds. The van der Waals surface area contributed by atoms with Gasteiger partial charge in [-0.2, -0.15) is 13.2 Å². The van der Waals surface area contributed by atoms with Crippen molar-refractivity contribution in [1.82, 2.24) is 9.55 Å². The highest BCUT2D eigenvalue weighted by Gasteiger charge is 2.30. The van der Waals surface area contributed by atoms with Crippen LogP contribution in [0.2, 0.25) is 0 Å². The lowest BCUT2D eigenvalue weighted by Gasteiger charge is -2.10. The predicted octanol–water partition coefficient (Wildman–Crippen LogP) is 3.50. The standard InChI is InChI=1S/C18H14F3N3O2/c19-18(20,21)13-6-8-14(9-7-13)23-16(25)15-10-22-17(26)24(15)11-12-4-2-1-3-5-12/h1-10H,11H2,(H,22,26)(H,23,25). The predicted molar refractivity (Wildman–Crippen MR) is 90.0 cm³/mol. The van der Waals surface area contributed by atoms with Gasteiger partial charge in [0.1, 0.15) is 5.69 Å². The minimum atomic E-state index is -4.45. The quantitative estimate of drug-likeness (QED) is 0.747. The number of benzene rings is 2. The Morgan fingerprint density at radius 3 is 2.31 bits per heavy atom. The molecule has 0 saturated carbocycles. The molecule has 1 heterocycles. The maximum absolute atomic E-state index is 12.6. The lowest BCUT2D eigenvalue weighted by molar-refractivity contribution is -0.137. The lowest BCUT2D eigenvalue weighted by Crippen LogP contribution is -2.24. The highest BCUT2D eigenvalue weighted by atomic mass is 19.4. The number of carbonyl (C=O) groups is 1. The molecule has 0 atom stereocenters. The molecule has 8 heteroatoms. The number of imidazole rings is 1. The highest BCUT2D eigenvalue weighted by Crippen LogP contribution is 2.29. The minimum absolute atomic E-state index is 0.0822. The smallest absolute Gasteiger partial charge is 0.321 e. The maximum atomic E-state index is 12.6. The van der Waals surface area contributed by atoms with Gasteiger partial charge in [0, 0.05) is 11.9 Å². The van der Waals surface area contributed by atoms with Crippen LogP contribution < -0.4 is 11.0 Å². The van der Waals surface area contributed by atoms with E-state index < -0.39 is 23.3 Å². The fraction of sp³-hybridized carbons (Fsp3) is 0.111. The summed E-state index contributed by atoms with van der Waals surface area (Å²) in [6, 6.07) is 13.2. The average molecular weight is 361 g/mol. The Morgan fingerprint density at radius 2 is 1.69 bits per heavy atom. The summed E-state index contributed by atoms with van der Waals surface area (Å²) in [5, 5.41) is 2.49. The van der Waals surface area contributed by atoms with Crippen molar-refractivity contribution in [3.05, 3.63) is 88.1 Å². The zero-order chi connectivity index (χ0) is 18.7. The topological polar surface area (TPSA) is 66.9 Å². The van der Waals surface area contributed by atoms with E-state index in [-0.39, 0.29) is 17.9 Å². The minimum Gasteiger partial charge on any atom is -0.321 e. The molecule has 5 nitrogen and oxygen atoms in total. The number of aromatic nitrogens is 2. The molecule has 134 valence electrons. The van der Waals surface area contributed by atoms with Crippen molar-refractivity contribution in [1.29, 1.82) is 0 Å². The first-order valence-electron chi connectivity index (χ1n) is 7.65. The van der Waals surface area contributed by atoms with Crippen molar-refractivity contribution >= 4 is 11.6 Å². The number of hydrogen-bond acceptors (Lipinski definition) is 2. The fourth-order valence-corrected chi connectivity index (χ4v) is 2.44. The third-order valence-corrected chi connectivity index (χ3v) is 3.75. The number of alkyl halides is 3. The highest BCUT2D eigenvalue weighted by molar-refractivity contribution is 6.02. The summed E-state index contributed by atoms with van der Waals surface area (Å²) in [5.41, 5.74) is -0.149. The largest absolute Gasteiger partial charge is 0.416 e. The maximum Gasteiger partial charge on any atom is 0.416 e. The van der Waals surface area contributed by atoms with Gasteiger partial charge in [-0.25, -0.2) is 4.79 Å². The van der Waals surface area contributed by atoms with Gasteiger partial charge in [0.2, 0.25) is 0 Å². The van der Waals surface area contributed by atoms with E-state index in [2.05, 4.69) is 10.3 Å². The van der Waals surface area contributed by atoms with Gasteiger partial charge >= 0.3 is 11.9 Å². The first kappa shape index (κ1) is 17.5. The van der Waals surface area contributed by atoms with Crippen molar-refractivity contribution in [2.45, 2.75) is 12.7 Å². The van der Waals surface area contributed by atoms with E-state index in [1.165, 1.54) is 10.8 Å². The fourth-order valence-electron chi connectivity index (χ4n) is 2.44. The van der Waals surface area contributed by atoms with Crippen LogP contribution in [0.25, 0.3) is 0 Å². The van der Waals surface area contributed by atoms with E-state index in [9.17, 15) is 22.8 Å². The van der Waals surface area contributed by atoms with Gasteiger partial charge in [-0.05, 0) is 29.8 Å². The van der Waals surface area contributed by atoms with E-state index in [1.54, 1.807) is 0 Å². The molecule has 0 spiro atoms. The molecule has 2 aromatic carbocycles. The molecule has 0 bridgehead atoms. The van der Waals surface area contributed by atoms with E-state index in [4.69, 9.17) is 0 Å². The number of carbonyl (C=O) groups excluding carboxylic acids is 1. The molecule has 2 N–H and O–H groups in total. The van der Waals surface area contributed by atoms with E-state index in [0.717, 1.165) is 29.8 Å². The Bertz CT molecular complexity index is 958. The Kier molecular flexibility index (Phi) is 4.66. The summed E-state index contributed by atoms with van der Waals surface area (Å²) in [5.74, 6) is -0.598. The number of rotatable bonds is 4. The number of H-pyrrole nitrogens is 1. The Morgan fingerprint density at radius 1 is 1.04 bits per heavy atom. The van der Waals surface area contributed by atoms with Crippen molar-refractivity contribution in [2.75, 3.05) is 5.32 Å². The van der Waals surface area contributed by atoms with Crippen molar-refractivity contribution < 1.29 is 18.0 Å². The Labute approximate surface area is 146 Å². The number of aromatic amines is 1. The number of nitrogens with zero attached hydrogens (tertiary/aromatic N) is 1. The van der Waals surface area contributed by atoms with Gasteiger partial charge in [0.05, 0.1) is 12.1 Å². The van der Waals surface area contributed by atoms with Crippen molar-refractivity contribution in [2.24, 2.45) is 0 Å². The number of amides is 1. The Balaban J connectivity index is 1.79. The van der Waals surface area contributed by atoms with Crippen LogP contribution in [0.15, 0.2) is 65.6 Å². The first-order chi connectivity index (χ1) is 12.3. The summed E-state index contributed by atoms with van der Waals surface area (Å²) in [6.45, 7) is 0.193. The molecule has 3 rings (SSSR count). The van der Waals surface area contributed by atoms with Crippen molar-refractivity contribution in [3.63, 3.8) is 0 Å². The normalized spacial score (nSPS) is 11.3. The SMILES string of the molecule is O=C(Nc1ccc(C(F)(F)F)cc1)c1c[nH]c(=O)n1Cc1ccccc1. The number of halogens is 3. The second-order valence-corrected chi connectivity index (χ2v) is 5.58. The summed E-state index contributed by atoms with van der Waals surface area (Å²) < 4.78 is 39.0. The van der Waals surface area contributed by atoms with Gasteiger partial charge in [-0.15, -0.1) is 0 Å². The summed E-state index contributed by atoms with van der Waals surface area (Å²) >= 11 is 0. The van der Waals surface area contributed by atoms with Crippen molar-refractivity contribution in [3.8, 4) is 0 Å². The molecule has 0 saturated heterocycles. The molecule has 0 radical (unpaired) electrons. The van der Waals surface area contributed by atoms with Crippen LogP contribution in [0.3, 0.4) is 0 Å². The molecule has 0 fully saturated rings. The number of anilines is 1. The first-order valence-corrected chi connectivity index (χ1v) is 7.65. The van der Waals surface area contributed by atoms with Crippen LogP contribution in [-0.2, 0) is 12.7 Å². The molecule has 0 aliphatic carbocycles. The monoisotopic (exact) mass is 361 g/mol. The van der Waals surface area contributed by atoms with Crippen LogP contribution in [0.1, 0.15) is 21.6 Å². The van der Waals surface area contributed by atoms with E-state index in [1.807, 2.05) is 30.3 Å². The molecule has 0 aliphatic heterocycles. The second kappa shape index (κ2) is 6.91. The van der Waals surface area contributed by atoms with Crippen LogP contribution >= 0.6 is 0 Å². The average Bonchev–Trinajstić information content (AvgIpc) is 2.96. The van der Waals surface area contributed by atoms with E-state index in [0.29, 0.717) is 0 Å². The molecular weight excluding hydrogens is 347 g/mol. The molecule has 26 heavy (non-hydrogen) atoms. The second-order valence-electron chi connectivity index (χ2n) is 5.58. The van der Waals surface area contributed by atoms with Gasteiger partial charge in [0.15, 0.2) is 0 Å². The van der Waals surface area contributed by atoms with Crippen LogP contribution in [0, 0.1) is 0 Å². The summed E-state index contributed by atoms with van der Waals surface area (Å²) in [7, 11) is 0. The molecular formula is C18H14F3N3O2. The van der Waals surface area contributed by atoms with Gasteiger partial charge in [-0.1, -0.05) is 30.3 Å². The number of hydrogen-bond donors (Lipinski definition) is 2. The molecule has 0 aliphatic rings. The third-order valence-electron chi connectivity index (χ3n) is 3.75. The molecule has 1 aromatic heterocycles. The zero-order valence-electron chi connectivity index (χ0n) is 13.4. The Hall–Kier alpha value is -3.29. The van der Waals surface area contributed by atoms with Crippen LogP contribution in [0.4, 0.5) is 18.9 Å². The van der Waals surface area contributed by atoms with Gasteiger partial charge < -0.3 is 10.3 Å². The van der Waals surface area contributed by atoms with Gasteiger partial charge in [0.25, 0.3) is 5.91 Å². The zero-order valence-corrected chi connectivity index (χ0v) is 13.4. The summed E-state index contributed by atoms with van der Waals surface area (Å²) in [4.78, 5) is 26.8. The van der Waals surface area contributed by atoms with Gasteiger partial charge in [-0.3, -0.25) is 9.36 Å². The molecule has 0 unspecified atom stereocenters. The summed E-state index contributed by atoms with van der Waals surface area (Å²) in [6.07, 6.45) is -3.18. The van der Waals surface area contributed by atoms with Crippen LogP contribution in [-0.4, -0.2) is 15.5 Å². The van der Waals surface area contributed by atoms with Crippen LogP contribution in [0.5, 0.6) is 0 Å². The lowest BCUT2D eigenvalue weighted by atomic mass is 10.2. The molecule has 3 aromatic rings. The third kappa shape index (κ3) is 3.85.